The fourth-order valence-electron chi connectivity index (χ4n) is 1.70. The van der Waals surface area contributed by atoms with Gasteiger partial charge >= 0.3 is 0 Å². The molecule has 1 atom stereocenters. The van der Waals surface area contributed by atoms with Crippen LogP contribution in [-0.2, 0) is 4.74 Å². The van der Waals surface area contributed by atoms with Crippen LogP contribution in [0.5, 0.6) is 5.88 Å². The van der Waals surface area contributed by atoms with Gasteiger partial charge in [-0.05, 0) is 19.8 Å². The molecule has 0 radical (unpaired) electrons. The lowest BCUT2D eigenvalue weighted by Gasteiger charge is -2.19. The monoisotopic (exact) mass is 253 g/mol. The van der Waals surface area contributed by atoms with Crippen LogP contribution in [0.15, 0.2) is 6.33 Å². The van der Waals surface area contributed by atoms with Crippen LogP contribution in [0.1, 0.15) is 39.2 Å². The summed E-state index contributed by atoms with van der Waals surface area (Å²) in [5, 5.41) is 3.07. The molecule has 0 aromatic carbocycles. The Morgan fingerprint density at radius 3 is 2.56 bits per heavy atom. The molecule has 0 saturated heterocycles. The molecule has 1 heterocycles. The molecular weight excluding hydrogens is 230 g/mol. The summed E-state index contributed by atoms with van der Waals surface area (Å²) >= 11 is 0. The van der Waals surface area contributed by atoms with Crippen molar-refractivity contribution in [3.63, 3.8) is 0 Å². The topological polar surface area (TPSA) is 56.3 Å². The second-order valence-corrected chi connectivity index (χ2v) is 4.43. The van der Waals surface area contributed by atoms with Crippen LogP contribution in [0, 0.1) is 0 Å². The Kier molecular flexibility index (Phi) is 5.85. The van der Waals surface area contributed by atoms with Crippen LogP contribution >= 0.6 is 0 Å². The standard InChI is InChI=1S/C13H23N3O2/c1-6-17-7-10(4)18-13-11(9(2)3)12(14-5)15-8-16-13/h8-10H,6-7H2,1-5H3,(H,14,15,16). The SMILES string of the molecule is CCOCC(C)Oc1ncnc(NC)c1C(C)C. The summed E-state index contributed by atoms with van der Waals surface area (Å²) in [6.07, 6.45) is 1.49. The molecule has 1 aromatic rings. The van der Waals surface area contributed by atoms with Crippen molar-refractivity contribution < 1.29 is 9.47 Å². The number of ether oxygens (including phenoxy) is 2. The lowest BCUT2D eigenvalue weighted by atomic mass is 10.1. The minimum absolute atomic E-state index is 0.0259. The van der Waals surface area contributed by atoms with E-state index < -0.39 is 0 Å². The Hall–Kier alpha value is -1.36. The number of anilines is 1. The molecule has 0 aliphatic rings. The average Bonchev–Trinajstić information content (AvgIpc) is 2.35. The van der Waals surface area contributed by atoms with Gasteiger partial charge in [0.15, 0.2) is 0 Å². The molecule has 5 heteroatoms. The van der Waals surface area contributed by atoms with E-state index in [1.54, 1.807) is 0 Å². The maximum Gasteiger partial charge on any atom is 0.222 e. The van der Waals surface area contributed by atoms with Crippen LogP contribution in [0.2, 0.25) is 0 Å². The van der Waals surface area contributed by atoms with Crippen LogP contribution in [0.4, 0.5) is 5.82 Å². The van der Waals surface area contributed by atoms with E-state index in [9.17, 15) is 0 Å². The van der Waals surface area contributed by atoms with Crippen molar-refractivity contribution in [2.75, 3.05) is 25.6 Å². The van der Waals surface area contributed by atoms with E-state index in [2.05, 4.69) is 29.1 Å². The first-order valence-electron chi connectivity index (χ1n) is 6.37. The van der Waals surface area contributed by atoms with Crippen molar-refractivity contribution in [3.8, 4) is 5.88 Å². The fraction of sp³-hybridized carbons (Fsp3) is 0.692. The second-order valence-electron chi connectivity index (χ2n) is 4.43. The Morgan fingerprint density at radius 1 is 1.28 bits per heavy atom. The molecule has 0 aliphatic carbocycles. The predicted octanol–water partition coefficient (Wildman–Crippen LogP) is 2.45. The van der Waals surface area contributed by atoms with Gasteiger partial charge in [-0.2, -0.15) is 0 Å². The van der Waals surface area contributed by atoms with Gasteiger partial charge in [0.05, 0.1) is 12.2 Å². The highest BCUT2D eigenvalue weighted by molar-refractivity contribution is 5.50. The third kappa shape index (κ3) is 3.84. The number of nitrogens with one attached hydrogen (secondary N) is 1. The lowest BCUT2D eigenvalue weighted by molar-refractivity contribution is 0.0626. The van der Waals surface area contributed by atoms with Crippen molar-refractivity contribution in [3.05, 3.63) is 11.9 Å². The lowest BCUT2D eigenvalue weighted by Crippen LogP contribution is -2.21. The summed E-state index contributed by atoms with van der Waals surface area (Å²) in [6.45, 7) is 9.39. The molecule has 102 valence electrons. The predicted molar refractivity (Wildman–Crippen MR) is 72.3 cm³/mol. The summed E-state index contributed by atoms with van der Waals surface area (Å²) < 4.78 is 11.2. The average molecular weight is 253 g/mol. The molecule has 5 nitrogen and oxygen atoms in total. The molecular formula is C13H23N3O2. The fourth-order valence-corrected chi connectivity index (χ4v) is 1.70. The summed E-state index contributed by atoms with van der Waals surface area (Å²) in [6, 6.07) is 0. The van der Waals surface area contributed by atoms with Crippen LogP contribution in [0.3, 0.4) is 0 Å². The zero-order valence-electron chi connectivity index (χ0n) is 11.9. The second kappa shape index (κ2) is 7.16. The summed E-state index contributed by atoms with van der Waals surface area (Å²) in [5.41, 5.74) is 1.00. The Morgan fingerprint density at radius 2 is 2.00 bits per heavy atom. The number of hydrogen-bond acceptors (Lipinski definition) is 5. The molecule has 0 bridgehead atoms. The van der Waals surface area contributed by atoms with Crippen molar-refractivity contribution >= 4 is 5.82 Å². The number of rotatable bonds is 7. The highest BCUT2D eigenvalue weighted by Crippen LogP contribution is 2.30. The first-order chi connectivity index (χ1) is 8.60. The molecule has 1 rings (SSSR count). The van der Waals surface area contributed by atoms with E-state index in [4.69, 9.17) is 9.47 Å². The first-order valence-corrected chi connectivity index (χ1v) is 6.37. The Bertz CT molecular complexity index is 369. The molecule has 0 saturated carbocycles. The van der Waals surface area contributed by atoms with Crippen molar-refractivity contribution in [1.29, 1.82) is 0 Å². The molecule has 18 heavy (non-hydrogen) atoms. The third-order valence-corrected chi connectivity index (χ3v) is 2.53. The zero-order valence-corrected chi connectivity index (χ0v) is 11.9. The third-order valence-electron chi connectivity index (χ3n) is 2.53. The van der Waals surface area contributed by atoms with Gasteiger partial charge < -0.3 is 14.8 Å². The van der Waals surface area contributed by atoms with E-state index in [1.807, 2.05) is 20.9 Å². The summed E-state index contributed by atoms with van der Waals surface area (Å²) in [5.74, 6) is 1.75. The van der Waals surface area contributed by atoms with Gasteiger partial charge in [0.1, 0.15) is 18.2 Å². The van der Waals surface area contributed by atoms with Gasteiger partial charge in [-0.3, -0.25) is 0 Å². The summed E-state index contributed by atoms with van der Waals surface area (Å²) in [7, 11) is 1.85. The normalized spacial score (nSPS) is 12.6. The maximum atomic E-state index is 5.84. The molecule has 1 N–H and O–H groups in total. The van der Waals surface area contributed by atoms with Crippen LogP contribution in [0.25, 0.3) is 0 Å². The smallest absolute Gasteiger partial charge is 0.222 e. The van der Waals surface area contributed by atoms with Gasteiger partial charge in [0.2, 0.25) is 5.88 Å². The van der Waals surface area contributed by atoms with E-state index in [0.717, 1.165) is 11.4 Å². The molecule has 0 spiro atoms. The highest BCUT2D eigenvalue weighted by atomic mass is 16.5. The number of hydrogen-bond donors (Lipinski definition) is 1. The van der Waals surface area contributed by atoms with E-state index in [1.165, 1.54) is 6.33 Å². The molecule has 0 fully saturated rings. The van der Waals surface area contributed by atoms with Gasteiger partial charge in [-0.1, -0.05) is 13.8 Å². The van der Waals surface area contributed by atoms with Crippen molar-refractivity contribution in [2.45, 2.75) is 39.7 Å². The van der Waals surface area contributed by atoms with Gasteiger partial charge in [-0.25, -0.2) is 9.97 Å². The van der Waals surface area contributed by atoms with E-state index in [-0.39, 0.29) is 6.10 Å². The molecule has 1 unspecified atom stereocenters. The maximum absolute atomic E-state index is 5.84. The number of nitrogens with zero attached hydrogens (tertiary/aromatic N) is 2. The van der Waals surface area contributed by atoms with Crippen molar-refractivity contribution in [1.82, 2.24) is 9.97 Å². The number of aromatic nitrogens is 2. The van der Waals surface area contributed by atoms with Gasteiger partial charge in [0.25, 0.3) is 0 Å². The zero-order chi connectivity index (χ0) is 13.5. The highest BCUT2D eigenvalue weighted by Gasteiger charge is 2.17. The Balaban J connectivity index is 2.87. The van der Waals surface area contributed by atoms with Crippen LogP contribution < -0.4 is 10.1 Å². The molecule has 0 aliphatic heterocycles. The molecule has 0 amide bonds. The van der Waals surface area contributed by atoms with Crippen LogP contribution in [-0.4, -0.2) is 36.3 Å². The van der Waals surface area contributed by atoms with Crippen molar-refractivity contribution in [2.24, 2.45) is 0 Å². The minimum Gasteiger partial charge on any atom is -0.472 e. The van der Waals surface area contributed by atoms with Gasteiger partial charge in [0, 0.05) is 13.7 Å². The minimum atomic E-state index is -0.0259. The largest absolute Gasteiger partial charge is 0.472 e. The first kappa shape index (κ1) is 14.7. The van der Waals surface area contributed by atoms with E-state index >= 15 is 0 Å². The quantitative estimate of drug-likeness (QED) is 0.809. The Labute approximate surface area is 109 Å². The molecule has 1 aromatic heterocycles. The van der Waals surface area contributed by atoms with E-state index in [0.29, 0.717) is 25.0 Å². The summed E-state index contributed by atoms with van der Waals surface area (Å²) in [4.78, 5) is 8.44. The van der Waals surface area contributed by atoms with Gasteiger partial charge in [-0.15, -0.1) is 0 Å².